The van der Waals surface area contributed by atoms with Gasteiger partial charge < -0.3 is 24.4 Å². The lowest BCUT2D eigenvalue weighted by atomic mass is 10.0. The highest BCUT2D eigenvalue weighted by Gasteiger charge is 2.30. The summed E-state index contributed by atoms with van der Waals surface area (Å²) in [6, 6.07) is 13.8. The van der Waals surface area contributed by atoms with Crippen LogP contribution < -0.4 is 19.5 Å². The van der Waals surface area contributed by atoms with E-state index in [-0.39, 0.29) is 6.04 Å². The topological polar surface area (TPSA) is 43.0 Å². The van der Waals surface area contributed by atoms with Crippen molar-refractivity contribution in [3.63, 3.8) is 0 Å². The number of ether oxygens (including phenoxy) is 3. The van der Waals surface area contributed by atoms with Gasteiger partial charge in [0.2, 0.25) is 0 Å². The molecule has 138 valence electrons. The third kappa shape index (κ3) is 3.85. The number of methoxy groups -OCH3 is 3. The third-order valence-corrected chi connectivity index (χ3v) is 4.97. The van der Waals surface area contributed by atoms with Crippen LogP contribution in [0.1, 0.15) is 24.4 Å². The molecule has 0 unspecified atom stereocenters. The summed E-state index contributed by atoms with van der Waals surface area (Å²) >= 11 is 5.70. The number of hydrogen-bond donors (Lipinski definition) is 1. The van der Waals surface area contributed by atoms with Crippen LogP contribution in [0.15, 0.2) is 42.5 Å². The number of anilines is 1. The first kappa shape index (κ1) is 18.3. The van der Waals surface area contributed by atoms with Gasteiger partial charge >= 0.3 is 0 Å². The van der Waals surface area contributed by atoms with E-state index < -0.39 is 0 Å². The molecule has 0 bridgehead atoms. The summed E-state index contributed by atoms with van der Waals surface area (Å²) < 4.78 is 16.2. The molecule has 0 aromatic heterocycles. The summed E-state index contributed by atoms with van der Waals surface area (Å²) in [6.45, 7) is 0.904. The van der Waals surface area contributed by atoms with Gasteiger partial charge in [0, 0.05) is 23.9 Å². The maximum absolute atomic E-state index is 5.70. The van der Waals surface area contributed by atoms with Crippen molar-refractivity contribution in [1.82, 2.24) is 4.90 Å². The number of benzene rings is 2. The van der Waals surface area contributed by atoms with Gasteiger partial charge in [-0.2, -0.15) is 0 Å². The highest BCUT2D eigenvalue weighted by Crippen LogP contribution is 2.39. The van der Waals surface area contributed by atoms with Gasteiger partial charge in [-0.05, 0) is 55.4 Å². The molecule has 6 heteroatoms. The van der Waals surface area contributed by atoms with Gasteiger partial charge in [-0.1, -0.05) is 6.07 Å². The molecule has 1 heterocycles. The molecular weight excluding hydrogens is 348 g/mol. The number of rotatable bonds is 5. The van der Waals surface area contributed by atoms with E-state index in [2.05, 4.69) is 10.2 Å². The maximum Gasteiger partial charge on any atom is 0.173 e. The van der Waals surface area contributed by atoms with Gasteiger partial charge in [0.05, 0.1) is 27.4 Å². The Kier molecular flexibility index (Phi) is 5.83. The molecule has 1 saturated heterocycles. The van der Waals surface area contributed by atoms with E-state index in [1.807, 2.05) is 42.5 Å². The molecule has 1 fully saturated rings. The van der Waals surface area contributed by atoms with Crippen LogP contribution in [-0.4, -0.2) is 37.9 Å². The summed E-state index contributed by atoms with van der Waals surface area (Å²) in [4.78, 5) is 2.21. The largest absolute Gasteiger partial charge is 0.497 e. The number of nitrogens with one attached hydrogen (secondary N) is 1. The van der Waals surface area contributed by atoms with Crippen molar-refractivity contribution < 1.29 is 14.2 Å². The van der Waals surface area contributed by atoms with Crippen LogP contribution in [0.4, 0.5) is 5.69 Å². The number of likely N-dealkylation sites (tertiary alicyclic amines) is 1. The van der Waals surface area contributed by atoms with E-state index in [0.717, 1.165) is 47.9 Å². The molecule has 0 radical (unpaired) electrons. The van der Waals surface area contributed by atoms with Gasteiger partial charge in [0.15, 0.2) is 5.11 Å². The van der Waals surface area contributed by atoms with Crippen LogP contribution in [-0.2, 0) is 0 Å². The Morgan fingerprint density at radius 2 is 1.81 bits per heavy atom. The summed E-state index contributed by atoms with van der Waals surface area (Å²) in [5, 5.41) is 4.03. The lowest BCUT2D eigenvalue weighted by molar-refractivity contribution is 0.362. The molecule has 0 spiro atoms. The van der Waals surface area contributed by atoms with E-state index in [0.29, 0.717) is 5.11 Å². The number of hydrogen-bond acceptors (Lipinski definition) is 4. The van der Waals surface area contributed by atoms with Crippen LogP contribution in [0.3, 0.4) is 0 Å². The zero-order chi connectivity index (χ0) is 18.5. The van der Waals surface area contributed by atoms with E-state index in [1.54, 1.807) is 21.3 Å². The fraction of sp³-hybridized carbons (Fsp3) is 0.350. The Morgan fingerprint density at radius 1 is 1.04 bits per heavy atom. The van der Waals surface area contributed by atoms with Gasteiger partial charge in [0.25, 0.3) is 0 Å². The second kappa shape index (κ2) is 8.27. The van der Waals surface area contributed by atoms with E-state index >= 15 is 0 Å². The average Bonchev–Trinajstić information content (AvgIpc) is 3.17. The third-order valence-electron chi connectivity index (χ3n) is 4.63. The van der Waals surface area contributed by atoms with Crippen molar-refractivity contribution in [2.24, 2.45) is 0 Å². The predicted molar refractivity (Wildman–Crippen MR) is 107 cm³/mol. The molecule has 0 amide bonds. The standard InChI is InChI=1S/C20H24N2O3S/c1-23-15-7-4-6-14(12-15)21-20(26)22-11-5-8-18(22)17-13-16(24-2)9-10-19(17)25-3/h4,6-7,9-10,12-13,18H,5,8,11H2,1-3H3,(H,21,26)/t18-/m0/s1. The lowest BCUT2D eigenvalue weighted by Crippen LogP contribution is -2.34. The minimum Gasteiger partial charge on any atom is -0.497 e. The Hall–Kier alpha value is -2.47. The lowest BCUT2D eigenvalue weighted by Gasteiger charge is -2.29. The van der Waals surface area contributed by atoms with E-state index in [9.17, 15) is 0 Å². The Bertz CT molecular complexity index is 781. The van der Waals surface area contributed by atoms with Crippen molar-refractivity contribution in [3.8, 4) is 17.2 Å². The van der Waals surface area contributed by atoms with Crippen LogP contribution in [0.2, 0.25) is 0 Å². The zero-order valence-corrected chi connectivity index (χ0v) is 16.1. The molecule has 0 saturated carbocycles. The zero-order valence-electron chi connectivity index (χ0n) is 15.3. The fourth-order valence-corrected chi connectivity index (χ4v) is 3.67. The van der Waals surface area contributed by atoms with Gasteiger partial charge in [0.1, 0.15) is 17.2 Å². The molecule has 2 aromatic rings. The average molecular weight is 372 g/mol. The highest BCUT2D eigenvalue weighted by atomic mass is 32.1. The first-order valence-corrected chi connectivity index (χ1v) is 9.00. The van der Waals surface area contributed by atoms with Crippen molar-refractivity contribution in [1.29, 1.82) is 0 Å². The molecule has 0 aliphatic carbocycles. The fourth-order valence-electron chi connectivity index (χ4n) is 3.33. The van der Waals surface area contributed by atoms with Crippen LogP contribution in [0.25, 0.3) is 0 Å². The Labute approximate surface area is 159 Å². The summed E-state index contributed by atoms with van der Waals surface area (Å²) in [7, 11) is 5.02. The summed E-state index contributed by atoms with van der Waals surface area (Å²) in [5.41, 5.74) is 2.01. The molecule has 1 atom stereocenters. The molecule has 1 aliphatic heterocycles. The first-order chi connectivity index (χ1) is 12.7. The van der Waals surface area contributed by atoms with Crippen molar-refractivity contribution >= 4 is 23.0 Å². The van der Waals surface area contributed by atoms with E-state index in [4.69, 9.17) is 26.4 Å². The summed E-state index contributed by atoms with van der Waals surface area (Å²) in [6.07, 6.45) is 2.09. The number of thiocarbonyl (C=S) groups is 1. The number of nitrogens with zero attached hydrogens (tertiary/aromatic N) is 1. The second-order valence-electron chi connectivity index (χ2n) is 6.12. The molecule has 3 rings (SSSR count). The smallest absolute Gasteiger partial charge is 0.173 e. The molecule has 5 nitrogen and oxygen atoms in total. The molecule has 26 heavy (non-hydrogen) atoms. The monoisotopic (exact) mass is 372 g/mol. The van der Waals surface area contributed by atoms with Crippen molar-refractivity contribution in [2.45, 2.75) is 18.9 Å². The maximum atomic E-state index is 5.70. The van der Waals surface area contributed by atoms with Crippen LogP contribution >= 0.6 is 12.2 Å². The Balaban J connectivity index is 1.82. The minimum atomic E-state index is 0.158. The SMILES string of the molecule is COc1cccc(NC(=S)N2CCC[C@H]2c2cc(OC)ccc2OC)c1. The van der Waals surface area contributed by atoms with Crippen molar-refractivity contribution in [3.05, 3.63) is 48.0 Å². The molecule has 1 N–H and O–H groups in total. The van der Waals surface area contributed by atoms with Gasteiger partial charge in [-0.3, -0.25) is 0 Å². The highest BCUT2D eigenvalue weighted by molar-refractivity contribution is 7.80. The van der Waals surface area contributed by atoms with Crippen LogP contribution in [0, 0.1) is 0 Å². The van der Waals surface area contributed by atoms with Gasteiger partial charge in [-0.15, -0.1) is 0 Å². The second-order valence-corrected chi connectivity index (χ2v) is 6.51. The quantitative estimate of drug-likeness (QED) is 0.792. The van der Waals surface area contributed by atoms with Crippen molar-refractivity contribution in [2.75, 3.05) is 33.2 Å². The molecular formula is C20H24N2O3S. The van der Waals surface area contributed by atoms with E-state index in [1.165, 1.54) is 0 Å². The summed E-state index contributed by atoms with van der Waals surface area (Å²) in [5.74, 6) is 2.47. The molecule has 1 aliphatic rings. The first-order valence-electron chi connectivity index (χ1n) is 8.60. The van der Waals surface area contributed by atoms with Crippen LogP contribution in [0.5, 0.6) is 17.2 Å². The minimum absolute atomic E-state index is 0.158. The normalized spacial score (nSPS) is 16.3. The predicted octanol–water partition coefficient (Wildman–Crippen LogP) is 4.25. The Morgan fingerprint density at radius 3 is 2.54 bits per heavy atom. The van der Waals surface area contributed by atoms with Gasteiger partial charge in [-0.25, -0.2) is 0 Å². The molecule has 2 aromatic carbocycles.